The third-order valence-corrected chi connectivity index (χ3v) is 6.42. The average Bonchev–Trinajstić information content (AvgIpc) is 2.81. The lowest BCUT2D eigenvalue weighted by molar-refractivity contribution is 0.103. The molecule has 0 aliphatic carbocycles. The third-order valence-electron chi connectivity index (χ3n) is 6.42. The highest BCUT2D eigenvalue weighted by atomic mass is 16.5. The molecular formula is C25H32N4O3. The van der Waals surface area contributed by atoms with E-state index >= 15 is 0 Å². The summed E-state index contributed by atoms with van der Waals surface area (Å²) in [7, 11) is 5.15. The SMILES string of the molecule is COc1cc(-c2cn(C)c(=O)c3cnccc23)cc(OC)c1CN1CCN(C(C)C)CC1. The first-order valence-electron chi connectivity index (χ1n) is 11.1. The molecule has 0 radical (unpaired) electrons. The second kappa shape index (κ2) is 9.30. The van der Waals surface area contributed by atoms with Crippen LogP contribution in [-0.4, -0.2) is 65.8 Å². The van der Waals surface area contributed by atoms with E-state index < -0.39 is 0 Å². The Labute approximate surface area is 189 Å². The summed E-state index contributed by atoms with van der Waals surface area (Å²) in [5, 5.41) is 1.46. The van der Waals surface area contributed by atoms with Crippen LogP contribution in [0.4, 0.5) is 0 Å². The van der Waals surface area contributed by atoms with Gasteiger partial charge in [-0.15, -0.1) is 0 Å². The summed E-state index contributed by atoms with van der Waals surface area (Å²) in [5.74, 6) is 1.59. The molecule has 1 aromatic carbocycles. The van der Waals surface area contributed by atoms with Crippen LogP contribution in [0.5, 0.6) is 11.5 Å². The molecule has 7 nitrogen and oxygen atoms in total. The van der Waals surface area contributed by atoms with Crippen molar-refractivity contribution in [3.63, 3.8) is 0 Å². The van der Waals surface area contributed by atoms with Gasteiger partial charge in [0.25, 0.3) is 5.56 Å². The Morgan fingerprint density at radius 1 is 1.03 bits per heavy atom. The number of hydrogen-bond acceptors (Lipinski definition) is 6. The van der Waals surface area contributed by atoms with Gasteiger partial charge in [-0.05, 0) is 43.0 Å². The number of rotatable bonds is 6. The number of hydrogen-bond donors (Lipinski definition) is 0. The number of fused-ring (bicyclic) bond motifs is 1. The highest BCUT2D eigenvalue weighted by Crippen LogP contribution is 2.37. The quantitative estimate of drug-likeness (QED) is 0.592. The minimum Gasteiger partial charge on any atom is -0.496 e. The Kier molecular flexibility index (Phi) is 6.48. The Morgan fingerprint density at radius 3 is 2.28 bits per heavy atom. The van der Waals surface area contributed by atoms with Gasteiger partial charge in [-0.25, -0.2) is 0 Å². The topological polar surface area (TPSA) is 59.8 Å². The molecule has 2 aromatic heterocycles. The van der Waals surface area contributed by atoms with Crippen LogP contribution in [0, 0.1) is 0 Å². The molecule has 3 heterocycles. The fourth-order valence-electron chi connectivity index (χ4n) is 4.50. The number of piperazine rings is 1. The van der Waals surface area contributed by atoms with Gasteiger partial charge in [-0.3, -0.25) is 19.6 Å². The summed E-state index contributed by atoms with van der Waals surface area (Å²) in [6.07, 6.45) is 5.20. The van der Waals surface area contributed by atoms with Gasteiger partial charge >= 0.3 is 0 Å². The molecule has 4 rings (SSSR count). The van der Waals surface area contributed by atoms with Crippen molar-refractivity contribution in [3.05, 3.63) is 52.7 Å². The van der Waals surface area contributed by atoms with Gasteiger partial charge in [0.15, 0.2) is 0 Å². The molecule has 0 unspecified atom stereocenters. The molecule has 1 aliphatic heterocycles. The third kappa shape index (κ3) is 4.23. The number of pyridine rings is 2. The zero-order valence-corrected chi connectivity index (χ0v) is 19.6. The predicted octanol–water partition coefficient (Wildman–Crippen LogP) is 3.14. The number of nitrogens with zero attached hydrogens (tertiary/aromatic N) is 4. The average molecular weight is 437 g/mol. The van der Waals surface area contributed by atoms with Crippen LogP contribution in [-0.2, 0) is 13.6 Å². The molecule has 170 valence electrons. The molecule has 0 bridgehead atoms. The minimum absolute atomic E-state index is 0.0621. The van der Waals surface area contributed by atoms with Crippen molar-refractivity contribution in [1.29, 1.82) is 0 Å². The van der Waals surface area contributed by atoms with Crippen LogP contribution in [0.15, 0.2) is 41.6 Å². The lowest BCUT2D eigenvalue weighted by Crippen LogP contribution is -2.48. The largest absolute Gasteiger partial charge is 0.496 e. The highest BCUT2D eigenvalue weighted by Gasteiger charge is 2.22. The molecule has 32 heavy (non-hydrogen) atoms. The summed E-state index contributed by atoms with van der Waals surface area (Å²) in [4.78, 5) is 21.7. The van der Waals surface area contributed by atoms with Gasteiger partial charge in [0, 0.05) is 70.0 Å². The lowest BCUT2D eigenvalue weighted by Gasteiger charge is -2.37. The molecular weight excluding hydrogens is 404 g/mol. The van der Waals surface area contributed by atoms with Gasteiger partial charge in [-0.2, -0.15) is 0 Å². The zero-order valence-electron chi connectivity index (χ0n) is 19.6. The Morgan fingerprint density at radius 2 is 1.69 bits per heavy atom. The van der Waals surface area contributed by atoms with Crippen LogP contribution >= 0.6 is 0 Å². The van der Waals surface area contributed by atoms with Gasteiger partial charge < -0.3 is 14.0 Å². The molecule has 1 saturated heterocycles. The summed E-state index contributed by atoms with van der Waals surface area (Å²) in [6.45, 7) is 9.45. The summed E-state index contributed by atoms with van der Waals surface area (Å²) < 4.78 is 13.2. The first-order chi connectivity index (χ1) is 15.4. The Balaban J connectivity index is 1.73. The second-order valence-electron chi connectivity index (χ2n) is 8.65. The molecule has 0 spiro atoms. The van der Waals surface area contributed by atoms with E-state index in [-0.39, 0.29) is 5.56 Å². The summed E-state index contributed by atoms with van der Waals surface area (Å²) in [6, 6.07) is 6.55. The minimum atomic E-state index is -0.0621. The van der Waals surface area contributed by atoms with Crippen molar-refractivity contribution in [2.75, 3.05) is 40.4 Å². The number of benzene rings is 1. The van der Waals surface area contributed by atoms with E-state index in [9.17, 15) is 4.79 Å². The first kappa shape index (κ1) is 22.3. The number of aromatic nitrogens is 2. The van der Waals surface area contributed by atoms with Crippen molar-refractivity contribution in [2.45, 2.75) is 26.4 Å². The van der Waals surface area contributed by atoms with Crippen molar-refractivity contribution >= 4 is 10.8 Å². The molecule has 3 aromatic rings. The van der Waals surface area contributed by atoms with E-state index in [1.165, 1.54) is 0 Å². The van der Waals surface area contributed by atoms with E-state index in [0.717, 1.165) is 66.3 Å². The molecule has 1 fully saturated rings. The number of methoxy groups -OCH3 is 2. The first-order valence-corrected chi connectivity index (χ1v) is 11.1. The van der Waals surface area contributed by atoms with Crippen molar-refractivity contribution in [2.24, 2.45) is 7.05 Å². The maximum atomic E-state index is 12.6. The maximum absolute atomic E-state index is 12.6. The zero-order chi connectivity index (χ0) is 22.8. The van der Waals surface area contributed by atoms with Crippen LogP contribution in [0.2, 0.25) is 0 Å². The number of ether oxygens (including phenoxy) is 2. The van der Waals surface area contributed by atoms with E-state index in [0.29, 0.717) is 11.4 Å². The van der Waals surface area contributed by atoms with Crippen molar-refractivity contribution in [1.82, 2.24) is 19.4 Å². The Bertz CT molecular complexity index is 1140. The maximum Gasteiger partial charge on any atom is 0.259 e. The van der Waals surface area contributed by atoms with Crippen LogP contribution in [0.25, 0.3) is 21.9 Å². The van der Waals surface area contributed by atoms with Gasteiger partial charge in [-0.1, -0.05) is 0 Å². The fourth-order valence-corrected chi connectivity index (χ4v) is 4.50. The monoisotopic (exact) mass is 436 g/mol. The van der Waals surface area contributed by atoms with Crippen LogP contribution in [0.1, 0.15) is 19.4 Å². The normalized spacial score (nSPS) is 15.4. The van der Waals surface area contributed by atoms with Crippen molar-refractivity contribution < 1.29 is 9.47 Å². The molecule has 7 heteroatoms. The predicted molar refractivity (Wildman–Crippen MR) is 128 cm³/mol. The Hall–Kier alpha value is -2.90. The van der Waals surface area contributed by atoms with E-state index in [2.05, 4.69) is 28.6 Å². The summed E-state index contributed by atoms with van der Waals surface area (Å²) in [5.41, 5.74) is 2.87. The lowest BCUT2D eigenvalue weighted by atomic mass is 9.98. The molecule has 0 amide bonds. The van der Waals surface area contributed by atoms with Gasteiger partial charge in [0.2, 0.25) is 0 Å². The van der Waals surface area contributed by atoms with E-state index in [4.69, 9.17) is 9.47 Å². The molecule has 0 N–H and O–H groups in total. The standard InChI is InChI=1S/C25H32N4O3/c1-17(2)29-10-8-28(9-11-29)16-22-23(31-4)12-18(13-24(22)32-5)21-15-27(3)25(30)20-14-26-7-6-19(20)21/h6-7,12-15,17H,8-11,16H2,1-5H3. The summed E-state index contributed by atoms with van der Waals surface area (Å²) >= 11 is 0. The van der Waals surface area contributed by atoms with Crippen LogP contribution < -0.4 is 15.0 Å². The fraction of sp³-hybridized carbons (Fsp3) is 0.440. The van der Waals surface area contributed by atoms with Crippen molar-refractivity contribution in [3.8, 4) is 22.6 Å². The second-order valence-corrected chi connectivity index (χ2v) is 8.65. The van der Waals surface area contributed by atoms with E-state index in [1.54, 1.807) is 38.2 Å². The van der Waals surface area contributed by atoms with Gasteiger partial charge in [0.05, 0.1) is 25.2 Å². The van der Waals surface area contributed by atoms with Crippen LogP contribution in [0.3, 0.4) is 0 Å². The van der Waals surface area contributed by atoms with Gasteiger partial charge in [0.1, 0.15) is 11.5 Å². The smallest absolute Gasteiger partial charge is 0.259 e. The number of aryl methyl sites for hydroxylation is 1. The molecule has 0 atom stereocenters. The highest BCUT2D eigenvalue weighted by molar-refractivity contribution is 5.95. The van der Waals surface area contributed by atoms with E-state index in [1.807, 2.05) is 24.4 Å². The molecule has 0 saturated carbocycles. The molecule has 1 aliphatic rings.